The molecule has 0 spiro atoms. The minimum atomic E-state index is -4.84. The minimum Gasteiger partial charge on any atom is -0.862 e. The van der Waals surface area contributed by atoms with Crippen molar-refractivity contribution in [2.45, 2.75) is 113 Å². The average Bonchev–Trinajstić information content (AvgIpc) is 1.56. The number of anilines is 2. The van der Waals surface area contributed by atoms with Crippen LogP contribution >= 0.6 is 0 Å². The zero-order valence-electron chi connectivity index (χ0n) is 54.9. The van der Waals surface area contributed by atoms with Gasteiger partial charge in [0, 0.05) is 102 Å². The monoisotopic (exact) mass is 1450 g/mol. The zero-order valence-corrected chi connectivity index (χ0v) is 68.9. The molecule has 0 unspecified atom stereocenters. The maximum Gasteiger partial charge on any atom is 1.00 e. The molecule has 4 aliphatic rings. The number of unbranched alkanes of at least 4 members (excludes halogenated alkanes) is 2. The van der Waals surface area contributed by atoms with Gasteiger partial charge in [0.1, 0.15) is 38.3 Å². The van der Waals surface area contributed by atoms with E-state index in [1.165, 1.54) is 24.3 Å². The molecule has 95 heavy (non-hydrogen) atoms. The number of ether oxygens (including phenoxy) is 1. The van der Waals surface area contributed by atoms with Crippen molar-refractivity contribution < 1.29 is 237 Å². The van der Waals surface area contributed by atoms with Crippen LogP contribution in [0.4, 0.5) is 17.1 Å². The molecule has 34 heteroatoms. The molecule has 0 bridgehead atoms. The third-order valence-electron chi connectivity index (χ3n) is 16.2. The van der Waals surface area contributed by atoms with E-state index in [4.69, 9.17) is 4.74 Å². The Labute approximate surface area is 667 Å². The van der Waals surface area contributed by atoms with Gasteiger partial charge in [-0.15, -0.1) is 0 Å². The van der Waals surface area contributed by atoms with Gasteiger partial charge in [0.25, 0.3) is 11.8 Å². The van der Waals surface area contributed by atoms with Crippen molar-refractivity contribution in [3.63, 3.8) is 0 Å². The Balaban J connectivity index is 0.00000470. The molecule has 3 heterocycles. The molecular weight excluding hydrogens is 1380 g/mol. The molecule has 3 aliphatic heterocycles. The number of nitrogens with zero attached hydrogens (tertiary/aromatic N) is 5. The second kappa shape index (κ2) is 36.3. The van der Waals surface area contributed by atoms with Crippen LogP contribution < -0.4 is 167 Å². The minimum absolute atomic E-state index is 0. The Bertz CT molecular complexity index is 4270. The average molecular weight is 1450 g/mol. The fourth-order valence-corrected chi connectivity index (χ4v) is 14.4. The van der Waals surface area contributed by atoms with Crippen LogP contribution in [0, 0.1) is 0 Å². The summed E-state index contributed by atoms with van der Waals surface area (Å²) in [6, 6.07) is 18.1. The molecule has 4 aromatic carbocycles. The summed E-state index contributed by atoms with van der Waals surface area (Å²) in [5.74, 6) is -2.81. The SMILES string of the molecule is CC1(C)C(/C=C/C2=C(Oc3ccc(S(=O)(=O)[O-])cc3)C(=C/C=C3/N(CCCS(=O)(=O)[O-])c4ccc(N(CCCS(=O)(=O)[O-])CCCS(=O)(=O)[O-])cc4C3(C)C)/CCC2)=[N+](CCCCCC([O-])=NCCN2C(=O)C=CC2=O)c2ccc3cc(S(=O)(=O)[O-])ccc3c21.[Na+].[Na+].[Na+].[Na+].[Na+]. The molecule has 0 saturated heterocycles. The van der Waals surface area contributed by atoms with E-state index in [0.717, 1.165) is 46.1 Å². The summed E-state index contributed by atoms with van der Waals surface area (Å²) < 4.78 is 187. The van der Waals surface area contributed by atoms with Crippen molar-refractivity contribution in [2.24, 2.45) is 4.99 Å². The zero-order chi connectivity index (χ0) is 65.8. The van der Waals surface area contributed by atoms with Crippen LogP contribution in [0.2, 0.25) is 0 Å². The Hall–Kier alpha value is -1.93. The number of fused-ring (bicyclic) bond motifs is 4. The second-order valence-corrected chi connectivity index (χ2v) is 30.7. The Morgan fingerprint density at radius 1 is 0.632 bits per heavy atom. The predicted molar refractivity (Wildman–Crippen MR) is 329 cm³/mol. The van der Waals surface area contributed by atoms with Crippen molar-refractivity contribution in [1.29, 1.82) is 0 Å². The van der Waals surface area contributed by atoms with Crippen molar-refractivity contribution in [3.05, 3.63) is 143 Å². The van der Waals surface area contributed by atoms with Gasteiger partial charge in [0.05, 0.1) is 52.1 Å². The first-order chi connectivity index (χ1) is 42.0. The Morgan fingerprint density at radius 2 is 1.22 bits per heavy atom. The van der Waals surface area contributed by atoms with Gasteiger partial charge in [-0.2, -0.15) is 4.58 Å². The Morgan fingerprint density at radius 3 is 1.81 bits per heavy atom. The standard InChI is InChI=1S/C61H73N5O19S5.5Na/c1-60(2)50-41-45(63(32-9-37-86(70,71)72)33-10-38-87(73,74)75)18-26-51(50)64(35-11-39-88(76,77)78)53(60)27-16-42-12-8-13-43(59(42)85-46-19-21-47(22-20-46)89(79,80)81)17-28-54-61(3,4)58-49-24-23-48(90(82,83)84)40-44(49)15-25-52(58)65(54)34-7-5-6-14-55(67)62-31-36-66-56(68)29-30-57(66)69;;;;;/h15-30,40-41H,5-14,31-39H2,1-4H3,(H5-,62,67,70,71,72,73,74,75,76,77,78,79,80,81,82,83,84);;;;;/q;5*+1/p-5. The van der Waals surface area contributed by atoms with E-state index in [-0.39, 0.29) is 223 Å². The van der Waals surface area contributed by atoms with Gasteiger partial charge in [0.2, 0.25) is 5.69 Å². The number of imide groups is 1. The van der Waals surface area contributed by atoms with E-state index in [9.17, 15) is 79.5 Å². The summed E-state index contributed by atoms with van der Waals surface area (Å²) >= 11 is 0. The fourth-order valence-electron chi connectivity index (χ4n) is 11.9. The summed E-state index contributed by atoms with van der Waals surface area (Å²) in [5, 5.41) is 14.0. The van der Waals surface area contributed by atoms with Gasteiger partial charge in [0.15, 0.2) is 5.71 Å². The van der Waals surface area contributed by atoms with Crippen LogP contribution in [0.5, 0.6) is 5.75 Å². The van der Waals surface area contributed by atoms with Crippen LogP contribution in [-0.4, -0.2) is 154 Å². The number of carbonyl (C=O) groups excluding carboxylic acids is 2. The first kappa shape index (κ1) is 87.3. The van der Waals surface area contributed by atoms with Gasteiger partial charge >= 0.3 is 148 Å². The van der Waals surface area contributed by atoms with E-state index >= 15 is 0 Å². The van der Waals surface area contributed by atoms with Crippen molar-refractivity contribution in [2.75, 3.05) is 66.3 Å². The van der Waals surface area contributed by atoms with Gasteiger partial charge in [-0.1, -0.05) is 26.0 Å². The maximum atomic E-state index is 12.8. The molecular formula is C61H68N5Na5O19S5. The molecule has 24 nitrogen and oxygen atoms in total. The van der Waals surface area contributed by atoms with E-state index in [1.807, 2.05) is 69.0 Å². The van der Waals surface area contributed by atoms with E-state index in [1.54, 1.807) is 29.2 Å². The number of hydrogen-bond acceptors (Lipinski definition) is 22. The number of rotatable bonds is 29. The van der Waals surface area contributed by atoms with Crippen molar-refractivity contribution >= 4 is 102 Å². The van der Waals surface area contributed by atoms with Crippen molar-refractivity contribution in [1.82, 2.24) is 4.90 Å². The smallest absolute Gasteiger partial charge is 0.862 e. The summed E-state index contributed by atoms with van der Waals surface area (Å²) in [7, 11) is -23.5. The third kappa shape index (κ3) is 23.3. The van der Waals surface area contributed by atoms with Crippen LogP contribution in [0.25, 0.3) is 10.8 Å². The molecule has 0 atom stereocenters. The van der Waals surface area contributed by atoms with Crippen LogP contribution in [0.1, 0.15) is 103 Å². The molecule has 0 aromatic heterocycles. The normalized spacial score (nSPS) is 17.2. The van der Waals surface area contributed by atoms with Crippen LogP contribution in [-0.2, 0) is 71.0 Å². The topological polar surface area (TPSA) is 378 Å². The number of benzene rings is 4. The van der Waals surface area contributed by atoms with Gasteiger partial charge < -0.3 is 47.4 Å². The first-order valence-electron chi connectivity index (χ1n) is 29.0. The number of allylic oxidation sites excluding steroid dienone is 7. The third-order valence-corrected chi connectivity index (χ3v) is 20.3. The van der Waals surface area contributed by atoms with Gasteiger partial charge in [-0.3, -0.25) is 14.5 Å². The van der Waals surface area contributed by atoms with E-state index in [0.29, 0.717) is 95.4 Å². The number of carbonyl (C=O) groups is 2. The van der Waals surface area contributed by atoms with Gasteiger partial charge in [-0.25, -0.2) is 42.1 Å². The number of amides is 2. The summed E-state index contributed by atoms with van der Waals surface area (Å²) in [6.07, 6.45) is 12.9. The molecule has 4 aromatic rings. The van der Waals surface area contributed by atoms with Crippen LogP contribution in [0.3, 0.4) is 0 Å². The van der Waals surface area contributed by atoms with Crippen LogP contribution in [0.15, 0.2) is 147 Å². The molecule has 0 radical (unpaired) electrons. The fraction of sp³-hybridized carbons (Fsp3) is 0.410. The molecule has 2 amide bonds. The van der Waals surface area contributed by atoms with E-state index in [2.05, 4.69) is 9.57 Å². The molecule has 0 N–H and O–H groups in total. The van der Waals surface area contributed by atoms with Crippen molar-refractivity contribution in [3.8, 4) is 5.75 Å². The van der Waals surface area contributed by atoms with Gasteiger partial charge in [-0.05, 0) is 178 Å². The molecule has 8 rings (SSSR count). The molecule has 486 valence electrons. The predicted octanol–water partition coefficient (Wildman–Crippen LogP) is -9.42. The summed E-state index contributed by atoms with van der Waals surface area (Å²) in [5.41, 5.74) is 4.65. The first-order valence-corrected chi connectivity index (χ1v) is 36.5. The summed E-state index contributed by atoms with van der Waals surface area (Å²) in [4.78, 5) is 31.6. The molecule has 0 fully saturated rings. The molecule has 1 aliphatic carbocycles. The van der Waals surface area contributed by atoms with E-state index < -0.39 is 95.4 Å². The quantitative estimate of drug-likeness (QED) is 0.00926. The number of aliphatic imine (C=N–C) groups is 1. The number of hydrogen-bond donors (Lipinski definition) is 0. The molecule has 0 saturated carbocycles. The Kier molecular flexibility index (Phi) is 33.3. The summed E-state index contributed by atoms with van der Waals surface area (Å²) in [6.45, 7) is 8.34. The maximum absolute atomic E-state index is 12.8. The largest absolute Gasteiger partial charge is 1.00 e. The second-order valence-electron chi connectivity index (χ2n) is 23.3.